The number of amides is 1. The number of carbonyl (C=O) groups excluding carboxylic acids is 1. The maximum absolute atomic E-state index is 12.8. The van der Waals surface area contributed by atoms with Crippen LogP contribution in [0.1, 0.15) is 16.7 Å². The van der Waals surface area contributed by atoms with E-state index in [0.717, 1.165) is 39.2 Å². The van der Waals surface area contributed by atoms with E-state index in [4.69, 9.17) is 9.47 Å². The molecule has 0 radical (unpaired) electrons. The molecule has 2 aromatic carbocycles. The number of methoxy groups -OCH3 is 2. The molecule has 3 rings (SSSR count). The molecule has 0 N–H and O–H groups in total. The lowest BCUT2D eigenvalue weighted by molar-refractivity contribution is -0.117. The van der Waals surface area contributed by atoms with Gasteiger partial charge in [0.15, 0.2) is 16.3 Å². The average Bonchev–Trinajstić information content (AvgIpc) is 3.03. The third-order valence-corrected chi connectivity index (χ3v) is 6.41. The topological polar surface area (TPSA) is 52.8 Å². The van der Waals surface area contributed by atoms with Crippen LogP contribution in [0.15, 0.2) is 35.3 Å². The fourth-order valence-electron chi connectivity index (χ4n) is 3.18. The smallest absolute Gasteiger partial charge is 0.252 e. The van der Waals surface area contributed by atoms with Crippen molar-refractivity contribution in [1.29, 1.82) is 0 Å². The van der Waals surface area contributed by atoms with Crippen LogP contribution in [0.5, 0.6) is 11.5 Å². The van der Waals surface area contributed by atoms with Crippen molar-refractivity contribution in [2.24, 2.45) is 4.99 Å². The molecule has 0 aliphatic carbocycles. The van der Waals surface area contributed by atoms with Crippen LogP contribution in [-0.4, -0.2) is 36.7 Å². The fourth-order valence-corrected chi connectivity index (χ4v) is 4.63. The number of aromatic nitrogens is 1. The van der Waals surface area contributed by atoms with E-state index in [1.807, 2.05) is 26.0 Å². The largest absolute Gasteiger partial charge is 0.493 e. The molecule has 1 amide bonds. The van der Waals surface area contributed by atoms with Gasteiger partial charge >= 0.3 is 0 Å². The van der Waals surface area contributed by atoms with E-state index in [0.29, 0.717) is 22.7 Å². The van der Waals surface area contributed by atoms with Crippen LogP contribution in [0.25, 0.3) is 10.2 Å². The molecule has 0 aliphatic heterocycles. The Hall–Kier alpha value is -2.25. The summed E-state index contributed by atoms with van der Waals surface area (Å²) in [6, 6.07) is 10.1. The Morgan fingerprint density at radius 1 is 1.14 bits per heavy atom. The van der Waals surface area contributed by atoms with E-state index in [-0.39, 0.29) is 5.91 Å². The van der Waals surface area contributed by atoms with Gasteiger partial charge in [0, 0.05) is 24.4 Å². The molecule has 0 spiro atoms. The number of ether oxygens (including phenoxy) is 2. The second-order valence-corrected chi connectivity index (χ2v) is 8.81. The van der Waals surface area contributed by atoms with Crippen LogP contribution in [-0.2, 0) is 17.8 Å². The zero-order chi connectivity index (χ0) is 21.0. The van der Waals surface area contributed by atoms with Gasteiger partial charge in [-0.15, -0.1) is 0 Å². The quantitative estimate of drug-likeness (QED) is 0.559. The minimum atomic E-state index is -0.137. The first-order valence-corrected chi connectivity index (χ1v) is 11.6. The molecule has 29 heavy (non-hydrogen) atoms. The Labute approximate surface area is 179 Å². The maximum atomic E-state index is 12.8. The lowest BCUT2D eigenvalue weighted by Crippen LogP contribution is -2.19. The van der Waals surface area contributed by atoms with Gasteiger partial charge in [-0.25, -0.2) is 0 Å². The Morgan fingerprint density at radius 3 is 2.55 bits per heavy atom. The molecule has 0 saturated carbocycles. The van der Waals surface area contributed by atoms with Crippen LogP contribution in [0.2, 0.25) is 0 Å². The van der Waals surface area contributed by atoms with E-state index in [9.17, 15) is 4.79 Å². The first kappa shape index (κ1) is 21.5. The third kappa shape index (κ3) is 4.85. The summed E-state index contributed by atoms with van der Waals surface area (Å²) in [5.41, 5.74) is 4.29. The van der Waals surface area contributed by atoms with Crippen molar-refractivity contribution in [3.8, 4) is 11.5 Å². The number of fused-ring (bicyclic) bond motifs is 1. The number of rotatable bonds is 7. The molecule has 3 aromatic rings. The summed E-state index contributed by atoms with van der Waals surface area (Å²) in [7, 11) is 3.25. The molecule has 1 heterocycles. The van der Waals surface area contributed by atoms with Crippen LogP contribution >= 0.6 is 23.1 Å². The highest BCUT2D eigenvalue weighted by molar-refractivity contribution is 7.98. The number of aryl methyl sites for hydroxylation is 3. The molecule has 0 unspecified atom stereocenters. The summed E-state index contributed by atoms with van der Waals surface area (Å²) in [6.45, 7) is 4.83. The molecular formula is C22H26N2O3S2. The molecule has 7 heteroatoms. The number of hydrogen-bond acceptors (Lipinski definition) is 5. The number of carbonyl (C=O) groups is 1. The second-order valence-electron chi connectivity index (χ2n) is 6.82. The van der Waals surface area contributed by atoms with Crippen molar-refractivity contribution in [2.75, 3.05) is 26.2 Å². The zero-order valence-electron chi connectivity index (χ0n) is 17.4. The van der Waals surface area contributed by atoms with Crippen molar-refractivity contribution in [3.63, 3.8) is 0 Å². The van der Waals surface area contributed by atoms with Crippen molar-refractivity contribution in [3.05, 3.63) is 51.8 Å². The van der Waals surface area contributed by atoms with E-state index >= 15 is 0 Å². The normalized spacial score (nSPS) is 11.8. The van der Waals surface area contributed by atoms with E-state index < -0.39 is 0 Å². The van der Waals surface area contributed by atoms with Gasteiger partial charge in [-0.1, -0.05) is 35.1 Å². The minimum absolute atomic E-state index is 0.137. The number of hydrogen-bond donors (Lipinski definition) is 0. The molecule has 0 fully saturated rings. The van der Waals surface area contributed by atoms with Gasteiger partial charge in [0.25, 0.3) is 5.91 Å². The Balaban J connectivity index is 2.06. The molecule has 0 atom stereocenters. The lowest BCUT2D eigenvalue weighted by atomic mass is 10.0. The van der Waals surface area contributed by atoms with Crippen molar-refractivity contribution < 1.29 is 14.3 Å². The van der Waals surface area contributed by atoms with Crippen LogP contribution in [0, 0.1) is 13.8 Å². The first-order chi connectivity index (χ1) is 14.0. The van der Waals surface area contributed by atoms with Crippen molar-refractivity contribution in [2.45, 2.75) is 26.8 Å². The monoisotopic (exact) mass is 430 g/mol. The fraction of sp³-hybridized carbons (Fsp3) is 0.364. The Morgan fingerprint density at radius 2 is 1.86 bits per heavy atom. The van der Waals surface area contributed by atoms with Crippen molar-refractivity contribution in [1.82, 2.24) is 4.57 Å². The number of nitrogens with zero attached hydrogens (tertiary/aromatic N) is 2. The predicted molar refractivity (Wildman–Crippen MR) is 121 cm³/mol. The minimum Gasteiger partial charge on any atom is -0.493 e. The Bertz CT molecular complexity index is 1100. The lowest BCUT2D eigenvalue weighted by Gasteiger charge is -2.09. The number of benzene rings is 2. The van der Waals surface area contributed by atoms with Crippen LogP contribution in [0.4, 0.5) is 0 Å². The molecule has 0 bridgehead atoms. The van der Waals surface area contributed by atoms with Gasteiger partial charge < -0.3 is 14.0 Å². The molecule has 5 nitrogen and oxygen atoms in total. The molecular weight excluding hydrogens is 404 g/mol. The second kappa shape index (κ2) is 9.50. The van der Waals surface area contributed by atoms with E-state index in [1.165, 1.54) is 11.3 Å². The summed E-state index contributed by atoms with van der Waals surface area (Å²) in [6.07, 6.45) is 2.37. The van der Waals surface area contributed by atoms with Gasteiger partial charge in [-0.2, -0.15) is 16.8 Å². The molecule has 154 valence electrons. The number of thiazole rings is 1. The average molecular weight is 431 g/mol. The first-order valence-electron chi connectivity index (χ1n) is 9.34. The number of thioether (sulfide) groups is 1. The summed E-state index contributed by atoms with van der Waals surface area (Å²) >= 11 is 3.26. The molecule has 0 aliphatic rings. The highest BCUT2D eigenvalue weighted by Gasteiger charge is 2.14. The van der Waals surface area contributed by atoms with Gasteiger partial charge in [0.05, 0.1) is 30.9 Å². The summed E-state index contributed by atoms with van der Waals surface area (Å²) in [4.78, 5) is 18.0. The van der Waals surface area contributed by atoms with Crippen molar-refractivity contribution >= 4 is 39.2 Å². The van der Waals surface area contributed by atoms with Gasteiger partial charge in [-0.3, -0.25) is 4.79 Å². The highest BCUT2D eigenvalue weighted by Crippen LogP contribution is 2.33. The van der Waals surface area contributed by atoms with E-state index in [1.54, 1.807) is 26.0 Å². The van der Waals surface area contributed by atoms with Crippen LogP contribution in [0.3, 0.4) is 0 Å². The third-order valence-electron chi connectivity index (χ3n) is 4.77. The van der Waals surface area contributed by atoms with E-state index in [2.05, 4.69) is 34.0 Å². The maximum Gasteiger partial charge on any atom is 0.252 e. The van der Waals surface area contributed by atoms with Crippen LogP contribution < -0.4 is 14.3 Å². The summed E-state index contributed by atoms with van der Waals surface area (Å²) in [5.74, 6) is 2.14. The standard InChI is InChI=1S/C22H26N2O3S2/c1-14-6-7-15(2)16(10-14)11-21(25)23-22-24(8-9-28-5)17-12-18(26-3)19(27-4)13-20(17)29-22/h6-7,10,12-13H,8-9,11H2,1-5H3. The summed E-state index contributed by atoms with van der Waals surface area (Å²) < 4.78 is 14.0. The van der Waals surface area contributed by atoms with Gasteiger partial charge in [0.1, 0.15) is 0 Å². The Kier molecular flexibility index (Phi) is 7.03. The summed E-state index contributed by atoms with van der Waals surface area (Å²) in [5, 5.41) is 0. The predicted octanol–water partition coefficient (Wildman–Crippen LogP) is 4.37. The highest BCUT2D eigenvalue weighted by atomic mass is 32.2. The SMILES string of the molecule is COc1cc2sc(=NC(=O)Cc3cc(C)ccc3C)n(CCSC)c2cc1OC. The zero-order valence-corrected chi connectivity index (χ0v) is 19.1. The van der Waals surface area contributed by atoms with Gasteiger partial charge in [0.2, 0.25) is 0 Å². The van der Waals surface area contributed by atoms with Gasteiger partial charge in [-0.05, 0) is 31.2 Å². The molecule has 1 aromatic heterocycles. The molecule has 0 saturated heterocycles.